The Morgan fingerprint density at radius 2 is 1.91 bits per heavy atom. The second kappa shape index (κ2) is 9.63. The molecule has 2 heterocycles. The third kappa shape index (κ3) is 4.50. The molecule has 176 valence electrons. The largest absolute Gasteiger partial charge is 0.492 e. The summed E-state index contributed by atoms with van der Waals surface area (Å²) in [6, 6.07) is 19.3. The molecule has 0 atom stereocenters. The van der Waals surface area contributed by atoms with E-state index in [-0.39, 0.29) is 29.6 Å². The Morgan fingerprint density at radius 1 is 1.11 bits per heavy atom. The number of hydrogen-bond donors (Lipinski definition) is 1. The van der Waals surface area contributed by atoms with E-state index in [2.05, 4.69) is 5.32 Å². The molecule has 0 unspecified atom stereocenters. The number of Topliss-reactive ketones (excluding diaryl/α,β-unsaturated/α-hetero) is 1. The van der Waals surface area contributed by atoms with Gasteiger partial charge >= 0.3 is 0 Å². The van der Waals surface area contributed by atoms with Crippen molar-refractivity contribution in [2.45, 2.75) is 12.1 Å². The molecule has 0 fully saturated rings. The van der Waals surface area contributed by atoms with Crippen molar-refractivity contribution < 1.29 is 19.1 Å². The van der Waals surface area contributed by atoms with Gasteiger partial charge in [0.2, 0.25) is 0 Å². The van der Waals surface area contributed by atoms with Crippen LogP contribution in [0, 0.1) is 0 Å². The second-order valence-electron chi connectivity index (χ2n) is 7.71. The molecule has 1 aliphatic rings. The normalized spacial score (nSPS) is 12.5. The lowest BCUT2D eigenvalue weighted by atomic mass is 10.1. The average molecular weight is 488 g/mol. The van der Waals surface area contributed by atoms with Crippen LogP contribution in [0.3, 0.4) is 0 Å². The van der Waals surface area contributed by atoms with Gasteiger partial charge in [0, 0.05) is 5.56 Å². The highest BCUT2D eigenvalue weighted by atomic mass is 32.2. The summed E-state index contributed by atoms with van der Waals surface area (Å²) in [6.45, 7) is 2.26. The van der Waals surface area contributed by atoms with Crippen molar-refractivity contribution in [2.24, 2.45) is 0 Å². The average Bonchev–Trinajstić information content (AvgIpc) is 2.88. The number of nitrogens with zero attached hydrogens (tertiary/aromatic N) is 2. The molecule has 0 bridgehead atoms. The van der Waals surface area contributed by atoms with Crippen LogP contribution in [0.4, 0.5) is 5.69 Å². The summed E-state index contributed by atoms with van der Waals surface area (Å²) in [5.41, 5.74) is 1.74. The van der Waals surface area contributed by atoms with Gasteiger partial charge in [-0.05, 0) is 49.4 Å². The van der Waals surface area contributed by atoms with E-state index >= 15 is 0 Å². The van der Waals surface area contributed by atoms with Crippen LogP contribution in [0.1, 0.15) is 17.3 Å². The minimum Gasteiger partial charge on any atom is -0.492 e. The first-order valence-corrected chi connectivity index (χ1v) is 12.0. The number of carbonyl (C=O) groups excluding carboxylic acids is 2. The molecule has 4 aromatic rings. The summed E-state index contributed by atoms with van der Waals surface area (Å²) in [7, 11) is 0. The van der Waals surface area contributed by atoms with Crippen LogP contribution >= 0.6 is 11.8 Å². The lowest BCUT2D eigenvalue weighted by Gasteiger charge is -2.18. The molecule has 0 spiro atoms. The zero-order valence-corrected chi connectivity index (χ0v) is 19.6. The number of amides is 1. The topological polar surface area (TPSA) is 99.5 Å². The van der Waals surface area contributed by atoms with Crippen LogP contribution in [0.2, 0.25) is 0 Å². The maximum absolute atomic E-state index is 13.5. The van der Waals surface area contributed by atoms with Crippen molar-refractivity contribution in [3.63, 3.8) is 0 Å². The van der Waals surface area contributed by atoms with Gasteiger partial charge in [-0.2, -0.15) is 0 Å². The molecule has 5 rings (SSSR count). The zero-order chi connectivity index (χ0) is 24.4. The fourth-order valence-corrected chi connectivity index (χ4v) is 4.71. The van der Waals surface area contributed by atoms with Gasteiger partial charge in [-0.1, -0.05) is 36.0 Å². The summed E-state index contributed by atoms with van der Waals surface area (Å²) in [6.07, 6.45) is 0. The van der Waals surface area contributed by atoms with Gasteiger partial charge < -0.3 is 14.8 Å². The number of anilines is 1. The molecule has 0 saturated heterocycles. The second-order valence-corrected chi connectivity index (χ2v) is 8.65. The fourth-order valence-electron chi connectivity index (χ4n) is 3.81. The van der Waals surface area contributed by atoms with Crippen LogP contribution in [0.5, 0.6) is 11.5 Å². The van der Waals surface area contributed by atoms with E-state index in [1.807, 2.05) is 25.1 Å². The van der Waals surface area contributed by atoms with Crippen molar-refractivity contribution in [2.75, 3.05) is 24.3 Å². The number of nitrogens with one attached hydrogen (secondary N) is 1. The van der Waals surface area contributed by atoms with Gasteiger partial charge in [0.25, 0.3) is 11.5 Å². The van der Waals surface area contributed by atoms with Crippen molar-refractivity contribution in [3.05, 3.63) is 82.6 Å². The summed E-state index contributed by atoms with van der Waals surface area (Å²) in [5.74, 6) is 0.660. The number of carbonyl (C=O) groups is 2. The highest BCUT2D eigenvalue weighted by Gasteiger charge is 2.20. The molecule has 3 aromatic carbocycles. The molecule has 8 nitrogen and oxygen atoms in total. The van der Waals surface area contributed by atoms with Crippen molar-refractivity contribution in [1.82, 2.24) is 9.55 Å². The Hall–Kier alpha value is -4.11. The Kier molecular flexibility index (Phi) is 6.24. The van der Waals surface area contributed by atoms with Crippen LogP contribution in [-0.4, -0.2) is 40.2 Å². The van der Waals surface area contributed by atoms with Crippen molar-refractivity contribution in [3.8, 4) is 17.2 Å². The Balaban J connectivity index is 1.52. The third-order valence-corrected chi connectivity index (χ3v) is 6.36. The molecule has 9 heteroatoms. The summed E-state index contributed by atoms with van der Waals surface area (Å²) >= 11 is 1.17. The van der Waals surface area contributed by atoms with Crippen LogP contribution in [0.15, 0.2) is 76.7 Å². The van der Waals surface area contributed by atoms with Crippen LogP contribution < -0.4 is 20.3 Å². The van der Waals surface area contributed by atoms with E-state index in [0.29, 0.717) is 51.1 Å². The predicted octanol–water partition coefficient (Wildman–Crippen LogP) is 4.09. The van der Waals surface area contributed by atoms with Crippen LogP contribution in [-0.2, 0) is 4.79 Å². The van der Waals surface area contributed by atoms with Crippen molar-refractivity contribution in [1.29, 1.82) is 0 Å². The number of thioether (sulfide) groups is 1. The maximum Gasteiger partial charge on any atom is 0.266 e. The van der Waals surface area contributed by atoms with E-state index < -0.39 is 0 Å². The first-order chi connectivity index (χ1) is 17.0. The predicted molar refractivity (Wildman–Crippen MR) is 134 cm³/mol. The van der Waals surface area contributed by atoms with E-state index in [0.717, 1.165) is 0 Å². The summed E-state index contributed by atoms with van der Waals surface area (Å²) in [4.78, 5) is 42.9. The molecule has 0 saturated carbocycles. The van der Waals surface area contributed by atoms with Gasteiger partial charge in [-0.3, -0.25) is 19.0 Å². The van der Waals surface area contributed by atoms with Gasteiger partial charge in [0.05, 0.1) is 34.6 Å². The van der Waals surface area contributed by atoms with Gasteiger partial charge in [-0.15, -0.1) is 0 Å². The minimum atomic E-state index is -0.270. The first kappa shape index (κ1) is 22.7. The van der Waals surface area contributed by atoms with Crippen molar-refractivity contribution >= 4 is 40.0 Å². The number of rotatable bonds is 7. The van der Waals surface area contributed by atoms with Gasteiger partial charge in [0.1, 0.15) is 11.5 Å². The SMILES string of the molecule is CCOc1ccccc1-n1c(SCC(=O)c2ccc3c(c2)NC(=O)CO3)nc2ccccc2c1=O. The molecule has 1 aromatic heterocycles. The number of benzene rings is 3. The number of aromatic nitrogens is 2. The lowest BCUT2D eigenvalue weighted by Crippen LogP contribution is -2.25. The van der Waals surface area contributed by atoms with E-state index in [1.165, 1.54) is 16.3 Å². The lowest BCUT2D eigenvalue weighted by molar-refractivity contribution is -0.118. The number of hydrogen-bond acceptors (Lipinski definition) is 7. The summed E-state index contributed by atoms with van der Waals surface area (Å²) in [5, 5.41) is 3.56. The van der Waals surface area contributed by atoms with Gasteiger partial charge in [-0.25, -0.2) is 4.98 Å². The Bertz CT molecular complexity index is 1510. The molecule has 1 amide bonds. The molecule has 1 aliphatic heterocycles. The van der Waals surface area contributed by atoms with E-state index in [9.17, 15) is 14.4 Å². The number of ether oxygens (including phenoxy) is 2. The highest BCUT2D eigenvalue weighted by Crippen LogP contribution is 2.30. The van der Waals surface area contributed by atoms with E-state index in [4.69, 9.17) is 14.5 Å². The zero-order valence-electron chi connectivity index (χ0n) is 18.8. The maximum atomic E-state index is 13.5. The molecule has 1 N–H and O–H groups in total. The molecule has 0 radical (unpaired) electrons. The fraction of sp³-hybridized carbons (Fsp3) is 0.154. The standard InChI is InChI=1S/C26H21N3O5S/c1-2-33-23-10-6-5-9-20(23)29-25(32)17-7-3-4-8-18(17)28-26(29)35-15-21(30)16-11-12-22-19(13-16)27-24(31)14-34-22/h3-13H,2,14-15H2,1H3,(H,27,31). The third-order valence-electron chi connectivity index (χ3n) is 5.42. The number of fused-ring (bicyclic) bond motifs is 2. The smallest absolute Gasteiger partial charge is 0.266 e. The van der Waals surface area contributed by atoms with Crippen LogP contribution in [0.25, 0.3) is 16.6 Å². The molecule has 0 aliphatic carbocycles. The minimum absolute atomic E-state index is 0.0369. The first-order valence-electron chi connectivity index (χ1n) is 11.0. The highest BCUT2D eigenvalue weighted by molar-refractivity contribution is 7.99. The monoisotopic (exact) mass is 487 g/mol. The Morgan fingerprint density at radius 3 is 2.77 bits per heavy atom. The number of para-hydroxylation sites is 3. The molecular formula is C26H21N3O5S. The molecular weight excluding hydrogens is 466 g/mol. The molecule has 35 heavy (non-hydrogen) atoms. The number of ketones is 1. The quantitative estimate of drug-likeness (QED) is 0.238. The summed E-state index contributed by atoms with van der Waals surface area (Å²) < 4.78 is 12.6. The van der Waals surface area contributed by atoms with E-state index in [1.54, 1.807) is 48.5 Å². The van der Waals surface area contributed by atoms with Gasteiger partial charge in [0.15, 0.2) is 17.5 Å². The Labute approximate surface area is 204 Å².